The van der Waals surface area contributed by atoms with Crippen LogP contribution in [0.2, 0.25) is 0 Å². The minimum atomic E-state index is 0.163. The summed E-state index contributed by atoms with van der Waals surface area (Å²) in [5, 5.41) is 0. The van der Waals surface area contributed by atoms with Gasteiger partial charge in [-0.25, -0.2) is 0 Å². The Morgan fingerprint density at radius 2 is 1.40 bits per heavy atom. The van der Waals surface area contributed by atoms with Crippen LogP contribution in [0.5, 0.6) is 0 Å². The van der Waals surface area contributed by atoms with Crippen LogP contribution in [0.4, 0.5) is 0 Å². The van der Waals surface area contributed by atoms with Crippen LogP contribution in [0, 0.1) is 5.92 Å². The van der Waals surface area contributed by atoms with Crippen LogP contribution in [0.1, 0.15) is 66.2 Å². The number of nitrogens with zero attached hydrogens (tertiary/aromatic N) is 3. The van der Waals surface area contributed by atoms with E-state index in [2.05, 4.69) is 37.5 Å². The van der Waals surface area contributed by atoms with Gasteiger partial charge in [0.2, 0.25) is 11.8 Å². The van der Waals surface area contributed by atoms with Crippen molar-refractivity contribution >= 4 is 11.8 Å². The van der Waals surface area contributed by atoms with E-state index in [1.54, 1.807) is 0 Å². The standard InChI is InChI=1S/C20H37N3O2/c1-16(2)23(17(3)4)19(24)15-21-13-9-18(10-14-21)20(25)22-11-7-5-6-8-12-22/h16-18H,5-15H2,1-4H3. The summed E-state index contributed by atoms with van der Waals surface area (Å²) >= 11 is 0. The molecule has 2 saturated heterocycles. The number of carbonyl (C=O) groups excluding carboxylic acids is 2. The van der Waals surface area contributed by atoms with Crippen molar-refractivity contribution in [2.45, 2.75) is 78.3 Å². The fourth-order valence-electron chi connectivity index (χ4n) is 4.33. The van der Waals surface area contributed by atoms with Crippen molar-refractivity contribution in [3.63, 3.8) is 0 Å². The predicted octanol–water partition coefficient (Wildman–Crippen LogP) is 2.75. The minimum Gasteiger partial charge on any atom is -0.342 e. The second-order valence-corrected chi connectivity index (χ2v) is 8.28. The van der Waals surface area contributed by atoms with Crippen molar-refractivity contribution in [2.24, 2.45) is 5.92 Å². The van der Waals surface area contributed by atoms with E-state index in [9.17, 15) is 9.59 Å². The van der Waals surface area contributed by atoms with E-state index in [0.29, 0.717) is 12.5 Å². The highest BCUT2D eigenvalue weighted by Crippen LogP contribution is 2.22. The number of likely N-dealkylation sites (tertiary alicyclic amines) is 2. The third-order valence-electron chi connectivity index (χ3n) is 5.61. The maximum Gasteiger partial charge on any atom is 0.237 e. The second-order valence-electron chi connectivity index (χ2n) is 8.28. The van der Waals surface area contributed by atoms with Crippen molar-refractivity contribution < 1.29 is 9.59 Å². The highest BCUT2D eigenvalue weighted by Gasteiger charge is 2.30. The molecule has 0 aromatic carbocycles. The molecule has 0 bridgehead atoms. The largest absolute Gasteiger partial charge is 0.342 e. The van der Waals surface area contributed by atoms with E-state index < -0.39 is 0 Å². The van der Waals surface area contributed by atoms with Crippen LogP contribution in [-0.2, 0) is 9.59 Å². The lowest BCUT2D eigenvalue weighted by Gasteiger charge is -2.36. The van der Waals surface area contributed by atoms with Gasteiger partial charge < -0.3 is 9.80 Å². The minimum absolute atomic E-state index is 0.163. The summed E-state index contributed by atoms with van der Waals surface area (Å²) in [5.74, 6) is 0.733. The highest BCUT2D eigenvalue weighted by molar-refractivity contribution is 5.80. The van der Waals surface area contributed by atoms with Crippen LogP contribution in [0.25, 0.3) is 0 Å². The molecule has 5 nitrogen and oxygen atoms in total. The molecule has 0 saturated carbocycles. The zero-order valence-corrected chi connectivity index (χ0v) is 16.7. The third-order valence-corrected chi connectivity index (χ3v) is 5.61. The molecule has 0 unspecified atom stereocenters. The maximum absolute atomic E-state index is 12.8. The van der Waals surface area contributed by atoms with E-state index >= 15 is 0 Å². The Bertz CT molecular complexity index is 426. The van der Waals surface area contributed by atoms with Crippen LogP contribution in [0.3, 0.4) is 0 Å². The molecule has 2 aliphatic rings. The molecular weight excluding hydrogens is 314 g/mol. The van der Waals surface area contributed by atoms with Gasteiger partial charge in [0.1, 0.15) is 0 Å². The summed E-state index contributed by atoms with van der Waals surface area (Å²) in [5.41, 5.74) is 0. The van der Waals surface area contributed by atoms with Crippen molar-refractivity contribution in [3.8, 4) is 0 Å². The van der Waals surface area contributed by atoms with E-state index in [0.717, 1.165) is 51.9 Å². The molecule has 0 aliphatic carbocycles. The van der Waals surface area contributed by atoms with Crippen LogP contribution < -0.4 is 0 Å². The molecule has 0 aromatic rings. The first-order chi connectivity index (χ1) is 11.9. The molecule has 2 aliphatic heterocycles. The second kappa shape index (κ2) is 9.56. The number of rotatable bonds is 5. The molecule has 0 spiro atoms. The van der Waals surface area contributed by atoms with Crippen LogP contribution >= 0.6 is 0 Å². The highest BCUT2D eigenvalue weighted by atomic mass is 16.2. The van der Waals surface area contributed by atoms with Gasteiger partial charge in [-0.15, -0.1) is 0 Å². The average Bonchev–Trinajstić information content (AvgIpc) is 2.83. The van der Waals surface area contributed by atoms with Gasteiger partial charge in [-0.2, -0.15) is 0 Å². The molecule has 0 N–H and O–H groups in total. The smallest absolute Gasteiger partial charge is 0.237 e. The van der Waals surface area contributed by atoms with Crippen LogP contribution in [0.15, 0.2) is 0 Å². The molecule has 2 rings (SSSR count). The van der Waals surface area contributed by atoms with Gasteiger partial charge in [0, 0.05) is 31.1 Å². The first-order valence-electron chi connectivity index (χ1n) is 10.2. The van der Waals surface area contributed by atoms with Gasteiger partial charge in [-0.05, 0) is 66.5 Å². The van der Waals surface area contributed by atoms with Gasteiger partial charge >= 0.3 is 0 Å². The van der Waals surface area contributed by atoms with Crippen molar-refractivity contribution in [1.29, 1.82) is 0 Å². The molecular formula is C20H37N3O2. The average molecular weight is 352 g/mol. The summed E-state index contributed by atoms with van der Waals surface area (Å²) in [6.45, 7) is 12.4. The fraction of sp³-hybridized carbons (Fsp3) is 0.900. The Labute approximate surface area is 153 Å². The molecule has 2 heterocycles. The van der Waals surface area contributed by atoms with E-state index in [1.807, 2.05) is 4.90 Å². The molecule has 0 atom stereocenters. The normalized spacial score (nSPS) is 20.8. The molecule has 144 valence electrons. The number of amides is 2. The van der Waals surface area contributed by atoms with Gasteiger partial charge in [0.15, 0.2) is 0 Å². The van der Waals surface area contributed by atoms with Gasteiger partial charge in [-0.1, -0.05) is 12.8 Å². The van der Waals surface area contributed by atoms with E-state index in [4.69, 9.17) is 0 Å². The van der Waals surface area contributed by atoms with Crippen molar-refractivity contribution in [2.75, 3.05) is 32.7 Å². The topological polar surface area (TPSA) is 43.9 Å². The first-order valence-corrected chi connectivity index (χ1v) is 10.2. The Balaban J connectivity index is 1.80. The number of hydrogen-bond donors (Lipinski definition) is 0. The summed E-state index contributed by atoms with van der Waals surface area (Å²) in [7, 11) is 0. The van der Waals surface area contributed by atoms with Crippen LogP contribution in [-0.4, -0.2) is 71.3 Å². The zero-order valence-electron chi connectivity index (χ0n) is 16.7. The summed E-state index contributed by atoms with van der Waals surface area (Å²) in [4.78, 5) is 31.6. The molecule has 25 heavy (non-hydrogen) atoms. The molecule has 5 heteroatoms. The number of carbonyl (C=O) groups is 2. The molecule has 0 aromatic heterocycles. The Kier molecular flexibility index (Phi) is 7.73. The Hall–Kier alpha value is -1.10. The van der Waals surface area contributed by atoms with Gasteiger partial charge in [0.25, 0.3) is 0 Å². The predicted molar refractivity (Wildman–Crippen MR) is 101 cm³/mol. The molecule has 2 amide bonds. The quantitative estimate of drug-likeness (QED) is 0.765. The van der Waals surface area contributed by atoms with Crippen molar-refractivity contribution in [3.05, 3.63) is 0 Å². The monoisotopic (exact) mass is 351 g/mol. The lowest BCUT2D eigenvalue weighted by Crippen LogP contribution is -2.49. The summed E-state index contributed by atoms with van der Waals surface area (Å²) < 4.78 is 0. The maximum atomic E-state index is 12.8. The fourth-order valence-corrected chi connectivity index (χ4v) is 4.33. The van der Waals surface area contributed by atoms with E-state index in [1.165, 1.54) is 12.8 Å². The lowest BCUT2D eigenvalue weighted by atomic mass is 9.95. The van der Waals surface area contributed by atoms with Gasteiger partial charge in [0.05, 0.1) is 6.54 Å². The third kappa shape index (κ3) is 5.70. The Morgan fingerprint density at radius 1 is 0.880 bits per heavy atom. The summed E-state index contributed by atoms with van der Waals surface area (Å²) in [6.07, 6.45) is 6.61. The molecule has 2 fully saturated rings. The number of piperidine rings is 1. The first kappa shape index (κ1) is 20.2. The van der Waals surface area contributed by atoms with E-state index in [-0.39, 0.29) is 23.9 Å². The van der Waals surface area contributed by atoms with Gasteiger partial charge in [-0.3, -0.25) is 14.5 Å². The lowest BCUT2D eigenvalue weighted by molar-refractivity contribution is -0.138. The molecule has 0 radical (unpaired) electrons. The number of hydrogen-bond acceptors (Lipinski definition) is 3. The van der Waals surface area contributed by atoms with Crippen molar-refractivity contribution in [1.82, 2.24) is 14.7 Å². The zero-order chi connectivity index (χ0) is 18.4. The Morgan fingerprint density at radius 3 is 1.88 bits per heavy atom. The SMILES string of the molecule is CC(C)N(C(=O)CN1CCC(C(=O)N2CCCCCC2)CC1)C(C)C. The summed E-state index contributed by atoms with van der Waals surface area (Å²) in [6, 6.07) is 0.462.